The molecule has 0 fully saturated rings. The average Bonchev–Trinajstić information content (AvgIpc) is 2.34. The van der Waals surface area contributed by atoms with Crippen molar-refractivity contribution in [1.29, 1.82) is 0 Å². The standard InChI is InChI=1S/C9H13NO/c1-7(2)3-8-4-10-5-9(8)6-11/h4-7,10H,3H2,1-2H3. The van der Waals surface area contributed by atoms with Crippen LogP contribution in [0.4, 0.5) is 0 Å². The molecule has 1 aromatic heterocycles. The van der Waals surface area contributed by atoms with E-state index < -0.39 is 0 Å². The van der Waals surface area contributed by atoms with E-state index in [1.807, 2.05) is 6.20 Å². The number of carbonyl (C=O) groups is 1. The van der Waals surface area contributed by atoms with Gasteiger partial charge in [0.05, 0.1) is 0 Å². The fourth-order valence-corrected chi connectivity index (χ4v) is 1.13. The third-order valence-electron chi connectivity index (χ3n) is 1.62. The Morgan fingerprint density at radius 3 is 2.82 bits per heavy atom. The van der Waals surface area contributed by atoms with Crippen LogP contribution in [0.2, 0.25) is 0 Å². The fraction of sp³-hybridized carbons (Fsp3) is 0.444. The van der Waals surface area contributed by atoms with Crippen LogP contribution in [0.15, 0.2) is 12.4 Å². The van der Waals surface area contributed by atoms with Crippen LogP contribution in [-0.2, 0) is 6.42 Å². The number of aromatic amines is 1. The summed E-state index contributed by atoms with van der Waals surface area (Å²) in [6.45, 7) is 4.28. The number of rotatable bonds is 3. The summed E-state index contributed by atoms with van der Waals surface area (Å²) in [5.74, 6) is 0.601. The van der Waals surface area contributed by atoms with Gasteiger partial charge in [-0.15, -0.1) is 0 Å². The smallest absolute Gasteiger partial charge is 0.151 e. The summed E-state index contributed by atoms with van der Waals surface area (Å²) in [5, 5.41) is 0. The van der Waals surface area contributed by atoms with Gasteiger partial charge in [0.2, 0.25) is 0 Å². The maximum atomic E-state index is 10.4. The molecule has 0 atom stereocenters. The zero-order valence-corrected chi connectivity index (χ0v) is 6.92. The number of H-pyrrole nitrogens is 1. The first-order valence-corrected chi connectivity index (χ1v) is 3.85. The molecule has 2 heteroatoms. The molecule has 0 radical (unpaired) electrons. The largest absolute Gasteiger partial charge is 0.367 e. The van der Waals surface area contributed by atoms with E-state index in [1.165, 1.54) is 0 Å². The van der Waals surface area contributed by atoms with Crippen LogP contribution in [0.25, 0.3) is 0 Å². The second-order valence-corrected chi connectivity index (χ2v) is 3.15. The number of carbonyl (C=O) groups excluding carboxylic acids is 1. The van der Waals surface area contributed by atoms with Crippen LogP contribution < -0.4 is 0 Å². The van der Waals surface area contributed by atoms with Crippen molar-refractivity contribution in [3.63, 3.8) is 0 Å². The Morgan fingerprint density at radius 2 is 2.27 bits per heavy atom. The Labute approximate surface area is 66.6 Å². The van der Waals surface area contributed by atoms with Gasteiger partial charge in [-0.1, -0.05) is 13.8 Å². The number of hydrogen-bond donors (Lipinski definition) is 1. The highest BCUT2D eigenvalue weighted by atomic mass is 16.1. The van der Waals surface area contributed by atoms with Crippen molar-refractivity contribution in [2.45, 2.75) is 20.3 Å². The fourth-order valence-electron chi connectivity index (χ4n) is 1.13. The SMILES string of the molecule is CC(C)Cc1c[nH]cc1C=O. The molecule has 11 heavy (non-hydrogen) atoms. The zero-order valence-electron chi connectivity index (χ0n) is 6.92. The summed E-state index contributed by atoms with van der Waals surface area (Å²) >= 11 is 0. The van der Waals surface area contributed by atoms with Gasteiger partial charge < -0.3 is 4.98 Å². The Kier molecular flexibility index (Phi) is 2.47. The summed E-state index contributed by atoms with van der Waals surface area (Å²) < 4.78 is 0. The lowest BCUT2D eigenvalue weighted by molar-refractivity contribution is 0.112. The van der Waals surface area contributed by atoms with Crippen LogP contribution in [0.3, 0.4) is 0 Å². The third-order valence-corrected chi connectivity index (χ3v) is 1.62. The van der Waals surface area contributed by atoms with Crippen molar-refractivity contribution >= 4 is 6.29 Å². The van der Waals surface area contributed by atoms with E-state index in [9.17, 15) is 4.79 Å². The van der Waals surface area contributed by atoms with E-state index in [4.69, 9.17) is 0 Å². The maximum Gasteiger partial charge on any atom is 0.151 e. The Bertz CT molecular complexity index is 237. The van der Waals surface area contributed by atoms with Crippen molar-refractivity contribution < 1.29 is 4.79 Å². The second kappa shape index (κ2) is 3.37. The van der Waals surface area contributed by atoms with Gasteiger partial charge in [0, 0.05) is 18.0 Å². The molecular weight excluding hydrogens is 138 g/mol. The second-order valence-electron chi connectivity index (χ2n) is 3.15. The highest BCUT2D eigenvalue weighted by molar-refractivity contribution is 5.76. The van der Waals surface area contributed by atoms with Crippen molar-refractivity contribution in [3.8, 4) is 0 Å². The summed E-state index contributed by atoms with van der Waals surface area (Å²) in [7, 11) is 0. The Morgan fingerprint density at radius 1 is 1.55 bits per heavy atom. The number of nitrogens with one attached hydrogen (secondary N) is 1. The molecule has 0 unspecified atom stereocenters. The van der Waals surface area contributed by atoms with E-state index in [0.717, 1.165) is 23.8 Å². The third kappa shape index (κ3) is 1.93. The molecule has 0 aliphatic rings. The highest BCUT2D eigenvalue weighted by Gasteiger charge is 2.03. The molecule has 0 aromatic carbocycles. The summed E-state index contributed by atoms with van der Waals surface area (Å²) in [4.78, 5) is 13.4. The lowest BCUT2D eigenvalue weighted by atomic mass is 10.0. The van der Waals surface area contributed by atoms with Crippen molar-refractivity contribution in [2.24, 2.45) is 5.92 Å². The van der Waals surface area contributed by atoms with Crippen LogP contribution >= 0.6 is 0 Å². The molecule has 60 valence electrons. The van der Waals surface area contributed by atoms with Gasteiger partial charge in [-0.2, -0.15) is 0 Å². The minimum absolute atomic E-state index is 0.601. The van der Waals surface area contributed by atoms with Crippen LogP contribution in [-0.4, -0.2) is 11.3 Å². The first kappa shape index (κ1) is 8.05. The molecule has 1 aromatic rings. The molecule has 0 bridgehead atoms. The number of aromatic nitrogens is 1. The molecule has 0 aliphatic heterocycles. The Hall–Kier alpha value is -1.05. The number of aldehydes is 1. The molecule has 0 saturated heterocycles. The summed E-state index contributed by atoms with van der Waals surface area (Å²) in [6.07, 6.45) is 5.50. The number of hydrogen-bond acceptors (Lipinski definition) is 1. The van der Waals surface area contributed by atoms with Crippen LogP contribution in [0.5, 0.6) is 0 Å². The topological polar surface area (TPSA) is 32.9 Å². The first-order chi connectivity index (χ1) is 5.24. The van der Waals surface area contributed by atoms with E-state index in [2.05, 4.69) is 18.8 Å². The van der Waals surface area contributed by atoms with Crippen LogP contribution in [0.1, 0.15) is 29.8 Å². The van der Waals surface area contributed by atoms with Gasteiger partial charge in [0.25, 0.3) is 0 Å². The van der Waals surface area contributed by atoms with Gasteiger partial charge in [0.1, 0.15) is 0 Å². The van der Waals surface area contributed by atoms with Gasteiger partial charge in [-0.25, -0.2) is 0 Å². The zero-order chi connectivity index (χ0) is 8.27. The van der Waals surface area contributed by atoms with Gasteiger partial charge in [-0.05, 0) is 17.9 Å². The minimum Gasteiger partial charge on any atom is -0.367 e. The molecule has 1 heterocycles. The molecule has 0 spiro atoms. The van der Waals surface area contributed by atoms with Crippen molar-refractivity contribution in [2.75, 3.05) is 0 Å². The molecule has 0 amide bonds. The first-order valence-electron chi connectivity index (χ1n) is 3.85. The Balaban J connectivity index is 2.76. The predicted octanol–water partition coefficient (Wildman–Crippen LogP) is 2.03. The normalized spacial score (nSPS) is 10.5. The van der Waals surface area contributed by atoms with E-state index in [-0.39, 0.29) is 0 Å². The van der Waals surface area contributed by atoms with E-state index in [0.29, 0.717) is 5.92 Å². The highest BCUT2D eigenvalue weighted by Crippen LogP contribution is 2.10. The van der Waals surface area contributed by atoms with Gasteiger partial charge in [0.15, 0.2) is 6.29 Å². The van der Waals surface area contributed by atoms with E-state index >= 15 is 0 Å². The maximum absolute atomic E-state index is 10.4. The summed E-state index contributed by atoms with van der Waals surface area (Å²) in [5.41, 5.74) is 1.91. The molecule has 0 saturated carbocycles. The van der Waals surface area contributed by atoms with E-state index in [1.54, 1.807) is 6.20 Å². The molecule has 2 nitrogen and oxygen atoms in total. The quantitative estimate of drug-likeness (QED) is 0.659. The average molecular weight is 151 g/mol. The molecule has 1 N–H and O–H groups in total. The van der Waals surface area contributed by atoms with Crippen LogP contribution in [0, 0.1) is 5.92 Å². The van der Waals surface area contributed by atoms with Gasteiger partial charge in [-0.3, -0.25) is 4.79 Å². The summed E-state index contributed by atoms with van der Waals surface area (Å²) in [6, 6.07) is 0. The monoisotopic (exact) mass is 151 g/mol. The van der Waals surface area contributed by atoms with Crippen molar-refractivity contribution in [3.05, 3.63) is 23.5 Å². The lowest BCUT2D eigenvalue weighted by Gasteiger charge is -2.01. The lowest BCUT2D eigenvalue weighted by Crippen LogP contribution is -1.94. The molecule has 1 rings (SSSR count). The minimum atomic E-state index is 0.601. The van der Waals surface area contributed by atoms with Crippen molar-refractivity contribution in [1.82, 2.24) is 4.98 Å². The predicted molar refractivity (Wildman–Crippen MR) is 44.7 cm³/mol. The molecular formula is C9H13NO. The molecule has 0 aliphatic carbocycles. The van der Waals surface area contributed by atoms with Gasteiger partial charge >= 0.3 is 0 Å².